The van der Waals surface area contributed by atoms with E-state index in [2.05, 4.69) is 17.6 Å². The van der Waals surface area contributed by atoms with Crippen molar-refractivity contribution in [3.05, 3.63) is 0 Å². The van der Waals surface area contributed by atoms with Gasteiger partial charge in [0.05, 0.1) is 5.75 Å². The number of carbonyl (C=O) groups is 1. The van der Waals surface area contributed by atoms with Crippen LogP contribution in [0.15, 0.2) is 0 Å². The second kappa shape index (κ2) is 7.98. The van der Waals surface area contributed by atoms with Crippen molar-refractivity contribution < 1.29 is 13.2 Å². The Morgan fingerprint density at radius 1 is 1.24 bits per heavy atom. The molecule has 0 heterocycles. The molecule has 1 fully saturated rings. The van der Waals surface area contributed by atoms with Gasteiger partial charge in [-0.05, 0) is 31.6 Å². The highest BCUT2D eigenvalue weighted by Crippen LogP contribution is 2.36. The van der Waals surface area contributed by atoms with Crippen molar-refractivity contribution in [2.75, 3.05) is 32.4 Å². The Balaban J connectivity index is 2.14. The summed E-state index contributed by atoms with van der Waals surface area (Å²) in [5.41, 5.74) is 0.243. The molecule has 0 aliphatic heterocycles. The molecule has 1 aliphatic carbocycles. The fraction of sp³-hybridized carbons (Fsp3) is 0.929. The lowest BCUT2D eigenvalue weighted by molar-refractivity contribution is 0.231. The number of hydrogen-bond donors (Lipinski definition) is 2. The van der Waals surface area contributed by atoms with E-state index in [0.29, 0.717) is 26.1 Å². The Labute approximate surface area is 128 Å². The van der Waals surface area contributed by atoms with Gasteiger partial charge >= 0.3 is 6.03 Å². The monoisotopic (exact) mass is 319 g/mol. The topological polar surface area (TPSA) is 78.5 Å². The Kier molecular flexibility index (Phi) is 6.93. The predicted molar refractivity (Wildman–Crippen MR) is 84.7 cm³/mol. The molecule has 7 heteroatoms. The van der Waals surface area contributed by atoms with Gasteiger partial charge in [0.15, 0.2) is 0 Å². The van der Waals surface area contributed by atoms with E-state index >= 15 is 0 Å². The zero-order chi connectivity index (χ0) is 15.9. The molecule has 21 heavy (non-hydrogen) atoms. The van der Waals surface area contributed by atoms with Gasteiger partial charge < -0.3 is 10.6 Å². The SMILES string of the molecule is CCS(=O)(=O)N(C)CCCNC(=O)NCC1(C)CCCC1. The van der Waals surface area contributed by atoms with E-state index in [-0.39, 0.29) is 17.2 Å². The number of nitrogens with zero attached hydrogens (tertiary/aromatic N) is 1. The molecule has 0 unspecified atom stereocenters. The van der Waals surface area contributed by atoms with Crippen LogP contribution in [0.3, 0.4) is 0 Å². The summed E-state index contributed by atoms with van der Waals surface area (Å²) in [6.45, 7) is 5.45. The van der Waals surface area contributed by atoms with E-state index in [0.717, 1.165) is 0 Å². The van der Waals surface area contributed by atoms with Gasteiger partial charge in [0.2, 0.25) is 10.0 Å². The number of sulfonamides is 1. The van der Waals surface area contributed by atoms with Crippen molar-refractivity contribution >= 4 is 16.1 Å². The Bertz CT molecular complexity index is 431. The quantitative estimate of drug-likeness (QED) is 0.666. The van der Waals surface area contributed by atoms with Gasteiger partial charge in [0.25, 0.3) is 0 Å². The van der Waals surface area contributed by atoms with E-state index in [1.165, 1.54) is 30.0 Å². The van der Waals surface area contributed by atoms with E-state index in [4.69, 9.17) is 0 Å². The third kappa shape index (κ3) is 6.22. The highest BCUT2D eigenvalue weighted by atomic mass is 32.2. The summed E-state index contributed by atoms with van der Waals surface area (Å²) < 4.78 is 24.4. The lowest BCUT2D eigenvalue weighted by Gasteiger charge is -2.23. The minimum Gasteiger partial charge on any atom is -0.338 e. The van der Waals surface area contributed by atoms with Crippen LogP contribution in [-0.4, -0.2) is 51.2 Å². The summed E-state index contributed by atoms with van der Waals surface area (Å²) in [5, 5.41) is 5.69. The molecular weight excluding hydrogens is 290 g/mol. The van der Waals surface area contributed by atoms with Crippen LogP contribution in [0.2, 0.25) is 0 Å². The molecule has 0 radical (unpaired) electrons. The molecule has 1 rings (SSSR count). The second-order valence-corrected chi connectivity index (χ2v) is 8.57. The minimum atomic E-state index is -3.12. The highest BCUT2D eigenvalue weighted by molar-refractivity contribution is 7.89. The fourth-order valence-corrected chi connectivity index (χ4v) is 3.47. The smallest absolute Gasteiger partial charge is 0.314 e. The summed E-state index contributed by atoms with van der Waals surface area (Å²) >= 11 is 0. The Morgan fingerprint density at radius 2 is 1.86 bits per heavy atom. The van der Waals surface area contributed by atoms with Crippen LogP contribution >= 0.6 is 0 Å². The third-order valence-corrected chi connectivity index (χ3v) is 6.12. The molecule has 0 aromatic carbocycles. The zero-order valence-electron chi connectivity index (χ0n) is 13.4. The number of nitrogens with one attached hydrogen (secondary N) is 2. The van der Waals surface area contributed by atoms with E-state index in [1.807, 2.05) is 0 Å². The summed E-state index contributed by atoms with van der Waals surface area (Å²) in [5.74, 6) is 0.107. The van der Waals surface area contributed by atoms with Crippen LogP contribution in [0.4, 0.5) is 4.79 Å². The first-order chi connectivity index (χ1) is 9.79. The summed E-state index contributed by atoms with van der Waals surface area (Å²) in [6, 6.07) is -0.163. The second-order valence-electron chi connectivity index (χ2n) is 6.20. The summed E-state index contributed by atoms with van der Waals surface area (Å²) in [6.07, 6.45) is 5.45. The maximum Gasteiger partial charge on any atom is 0.314 e. The van der Waals surface area contributed by atoms with Gasteiger partial charge in [-0.25, -0.2) is 17.5 Å². The van der Waals surface area contributed by atoms with Crippen molar-refractivity contribution in [2.24, 2.45) is 5.41 Å². The first-order valence-corrected chi connectivity index (χ1v) is 9.36. The molecule has 2 N–H and O–H groups in total. The van der Waals surface area contributed by atoms with Crippen LogP contribution in [0.25, 0.3) is 0 Å². The third-order valence-electron chi connectivity index (χ3n) is 4.26. The number of rotatable bonds is 8. The molecule has 0 aromatic heterocycles. The lowest BCUT2D eigenvalue weighted by Crippen LogP contribution is -2.41. The molecular formula is C14H29N3O3S. The van der Waals surface area contributed by atoms with Crippen LogP contribution in [0.1, 0.15) is 46.0 Å². The van der Waals surface area contributed by atoms with Gasteiger partial charge in [0, 0.05) is 26.7 Å². The molecule has 0 atom stereocenters. The lowest BCUT2D eigenvalue weighted by atomic mass is 9.89. The molecule has 0 spiro atoms. The van der Waals surface area contributed by atoms with Crippen LogP contribution in [0.5, 0.6) is 0 Å². The van der Waals surface area contributed by atoms with Crippen molar-refractivity contribution in [2.45, 2.75) is 46.0 Å². The average Bonchev–Trinajstić information content (AvgIpc) is 2.88. The molecule has 1 saturated carbocycles. The number of amides is 2. The average molecular weight is 319 g/mol. The zero-order valence-corrected chi connectivity index (χ0v) is 14.3. The molecule has 2 amide bonds. The molecule has 124 valence electrons. The maximum absolute atomic E-state index is 11.7. The van der Waals surface area contributed by atoms with Crippen LogP contribution < -0.4 is 10.6 Å². The molecule has 0 bridgehead atoms. The van der Waals surface area contributed by atoms with Gasteiger partial charge in [-0.15, -0.1) is 0 Å². The first kappa shape index (κ1) is 18.2. The summed E-state index contributed by atoms with van der Waals surface area (Å²) in [7, 11) is -1.55. The van der Waals surface area contributed by atoms with Crippen molar-refractivity contribution in [3.63, 3.8) is 0 Å². The molecule has 0 saturated heterocycles. The molecule has 1 aliphatic rings. The van der Waals surface area contributed by atoms with Gasteiger partial charge in [-0.3, -0.25) is 0 Å². The largest absolute Gasteiger partial charge is 0.338 e. The fourth-order valence-electron chi connectivity index (χ4n) is 2.62. The van der Waals surface area contributed by atoms with Gasteiger partial charge in [-0.2, -0.15) is 0 Å². The van der Waals surface area contributed by atoms with Crippen LogP contribution in [0, 0.1) is 5.41 Å². The maximum atomic E-state index is 11.7. The normalized spacial score (nSPS) is 17.9. The van der Waals surface area contributed by atoms with E-state index < -0.39 is 10.0 Å². The van der Waals surface area contributed by atoms with Crippen molar-refractivity contribution in [1.29, 1.82) is 0 Å². The number of hydrogen-bond acceptors (Lipinski definition) is 3. The van der Waals surface area contributed by atoms with Crippen LogP contribution in [-0.2, 0) is 10.0 Å². The first-order valence-electron chi connectivity index (χ1n) is 7.75. The van der Waals surface area contributed by atoms with Gasteiger partial charge in [-0.1, -0.05) is 19.8 Å². The number of urea groups is 1. The standard InChI is InChI=1S/C14H29N3O3S/c1-4-21(19,20)17(3)11-7-10-15-13(18)16-12-14(2)8-5-6-9-14/h4-12H2,1-3H3,(H2,15,16,18). The van der Waals surface area contributed by atoms with Gasteiger partial charge in [0.1, 0.15) is 0 Å². The predicted octanol–water partition coefficient (Wildman–Crippen LogP) is 1.54. The molecule has 6 nitrogen and oxygen atoms in total. The van der Waals surface area contributed by atoms with Crippen molar-refractivity contribution in [1.82, 2.24) is 14.9 Å². The highest BCUT2D eigenvalue weighted by Gasteiger charge is 2.28. The van der Waals surface area contributed by atoms with E-state index in [9.17, 15) is 13.2 Å². The van der Waals surface area contributed by atoms with Crippen molar-refractivity contribution in [3.8, 4) is 0 Å². The number of carbonyl (C=O) groups excluding carboxylic acids is 1. The summed E-state index contributed by atoms with van der Waals surface area (Å²) in [4.78, 5) is 11.7. The Morgan fingerprint density at radius 3 is 2.43 bits per heavy atom. The Hall–Kier alpha value is -0.820. The van der Waals surface area contributed by atoms with E-state index in [1.54, 1.807) is 14.0 Å². The molecule has 0 aromatic rings. The minimum absolute atomic E-state index is 0.107.